The van der Waals surface area contributed by atoms with Crippen LogP contribution in [-0.2, 0) is 0 Å². The quantitative estimate of drug-likeness (QED) is 0.216. The highest BCUT2D eigenvalue weighted by Crippen LogP contribution is 2.18. The molecule has 0 amide bonds. The van der Waals surface area contributed by atoms with Gasteiger partial charge in [0.1, 0.15) is 8.07 Å². The highest BCUT2D eigenvalue weighted by molar-refractivity contribution is 9.10. The van der Waals surface area contributed by atoms with Crippen molar-refractivity contribution in [3.8, 4) is 24.3 Å². The summed E-state index contributed by atoms with van der Waals surface area (Å²) >= 11 is 3.41. The molecule has 4 rings (SSSR count). The molecule has 29 heavy (non-hydrogen) atoms. The molecule has 4 heteroatoms. The van der Waals surface area contributed by atoms with Crippen LogP contribution in [0.25, 0.3) is 21.5 Å². The van der Waals surface area contributed by atoms with E-state index in [2.05, 4.69) is 63.1 Å². The van der Waals surface area contributed by atoms with Gasteiger partial charge in [-0.25, -0.2) is 0 Å². The first-order valence-electron chi connectivity index (χ1n) is 9.10. The van der Waals surface area contributed by atoms with Gasteiger partial charge in [-0.15, -0.1) is 18.4 Å². The molecule has 0 radical (unpaired) electrons. The summed E-state index contributed by atoms with van der Waals surface area (Å²) in [6.07, 6.45) is 17.7. The van der Waals surface area contributed by atoms with Gasteiger partial charge in [0.25, 0.3) is 0 Å². The van der Waals surface area contributed by atoms with E-state index >= 15 is 0 Å². The van der Waals surface area contributed by atoms with Gasteiger partial charge in [-0.3, -0.25) is 9.97 Å². The summed E-state index contributed by atoms with van der Waals surface area (Å²) < 4.78 is 1.11. The molecule has 0 N–H and O–H groups in total. The van der Waals surface area contributed by atoms with Crippen molar-refractivity contribution in [3.05, 3.63) is 83.4 Å². The topological polar surface area (TPSA) is 25.8 Å². The van der Waals surface area contributed by atoms with Crippen LogP contribution in [0.15, 0.2) is 77.8 Å². The van der Waals surface area contributed by atoms with Crippen molar-refractivity contribution in [3.63, 3.8) is 0 Å². The minimum atomic E-state index is -1.10. The summed E-state index contributed by atoms with van der Waals surface area (Å²) in [6, 6.07) is 16.0. The fourth-order valence-electron chi connectivity index (χ4n) is 2.23. The highest BCUT2D eigenvalue weighted by atomic mass is 79.9. The molecular formula is C25H23BrN2Si. The summed E-state index contributed by atoms with van der Waals surface area (Å²) in [5.74, 6) is 2.60. The third-order valence-corrected chi connectivity index (χ3v) is 5.20. The summed E-state index contributed by atoms with van der Waals surface area (Å²) in [7, 11) is -1.10. The molecule has 2 aromatic heterocycles. The van der Waals surface area contributed by atoms with Crippen LogP contribution in [0, 0.1) is 24.3 Å². The minimum Gasteiger partial charge on any atom is -0.264 e. The van der Waals surface area contributed by atoms with Crippen LogP contribution in [0.4, 0.5) is 0 Å². The van der Waals surface area contributed by atoms with Gasteiger partial charge < -0.3 is 0 Å². The van der Waals surface area contributed by atoms with E-state index in [1.165, 1.54) is 10.8 Å². The third kappa shape index (κ3) is 7.54. The molecule has 0 unspecified atom stereocenters. The van der Waals surface area contributed by atoms with Gasteiger partial charge >= 0.3 is 0 Å². The number of benzene rings is 2. The second kappa shape index (κ2) is 10.6. The van der Waals surface area contributed by atoms with Crippen LogP contribution >= 0.6 is 15.9 Å². The van der Waals surface area contributed by atoms with Crippen molar-refractivity contribution in [2.24, 2.45) is 0 Å². The van der Waals surface area contributed by atoms with Crippen LogP contribution in [0.5, 0.6) is 0 Å². The maximum atomic E-state index is 5.28. The Morgan fingerprint density at radius 2 is 1.28 bits per heavy atom. The molecule has 0 spiro atoms. The molecule has 4 aromatic rings. The molecule has 0 saturated heterocycles. The third-order valence-electron chi connectivity index (χ3n) is 3.84. The van der Waals surface area contributed by atoms with Gasteiger partial charge in [0, 0.05) is 45.6 Å². The largest absolute Gasteiger partial charge is 0.264 e. The van der Waals surface area contributed by atoms with E-state index in [-0.39, 0.29) is 0 Å². The monoisotopic (exact) mass is 458 g/mol. The first kappa shape index (κ1) is 22.4. The number of terminal acetylenes is 2. The average Bonchev–Trinajstić information content (AvgIpc) is 2.73. The van der Waals surface area contributed by atoms with Gasteiger partial charge in [-0.1, -0.05) is 53.6 Å². The Morgan fingerprint density at radius 3 is 1.79 bits per heavy atom. The van der Waals surface area contributed by atoms with E-state index in [1.807, 2.05) is 54.9 Å². The van der Waals surface area contributed by atoms with Gasteiger partial charge in [-0.05, 0) is 47.2 Å². The van der Waals surface area contributed by atoms with Crippen LogP contribution in [0.2, 0.25) is 19.6 Å². The van der Waals surface area contributed by atoms with Gasteiger partial charge in [0.15, 0.2) is 0 Å². The fourth-order valence-corrected chi connectivity index (χ4v) is 2.61. The molecule has 2 heterocycles. The minimum absolute atomic E-state index is 0.911. The van der Waals surface area contributed by atoms with E-state index in [9.17, 15) is 0 Å². The van der Waals surface area contributed by atoms with Crippen LogP contribution in [0.3, 0.4) is 0 Å². The van der Waals surface area contributed by atoms with Crippen LogP contribution in [-0.4, -0.2) is 18.0 Å². The Balaban J connectivity index is 0.000000165. The van der Waals surface area contributed by atoms with Crippen LogP contribution in [0.1, 0.15) is 5.56 Å². The lowest BCUT2D eigenvalue weighted by molar-refractivity contribution is 1.36. The average molecular weight is 459 g/mol. The summed E-state index contributed by atoms with van der Waals surface area (Å²) in [6.45, 7) is 6.44. The Bertz CT molecular complexity index is 1180. The molecule has 0 fully saturated rings. The zero-order valence-corrected chi connectivity index (χ0v) is 19.4. The lowest BCUT2D eigenvalue weighted by Gasteiger charge is -2.00. The number of hydrogen-bond donors (Lipinski definition) is 0. The van der Waals surface area contributed by atoms with Crippen molar-refractivity contribution in [1.82, 2.24) is 9.97 Å². The predicted molar refractivity (Wildman–Crippen MR) is 131 cm³/mol. The maximum absolute atomic E-state index is 5.28. The lowest BCUT2D eigenvalue weighted by atomic mass is 10.1. The second-order valence-electron chi connectivity index (χ2n) is 7.34. The molecule has 0 aliphatic heterocycles. The molecule has 2 nitrogen and oxygen atoms in total. The number of fused-ring (bicyclic) bond motifs is 2. The molecule has 0 atom stereocenters. The first-order chi connectivity index (χ1) is 13.8. The number of halogens is 1. The smallest absolute Gasteiger partial charge is 0.128 e. The predicted octanol–water partition coefficient (Wildman–Crippen LogP) is 6.71. The van der Waals surface area contributed by atoms with E-state index in [0.717, 1.165) is 20.8 Å². The van der Waals surface area contributed by atoms with Crippen molar-refractivity contribution in [2.45, 2.75) is 19.6 Å². The molecule has 144 valence electrons. The maximum Gasteiger partial charge on any atom is 0.128 e. The summed E-state index contributed by atoms with van der Waals surface area (Å²) in [5, 5.41) is 4.65. The van der Waals surface area contributed by atoms with E-state index in [1.54, 1.807) is 12.4 Å². The molecule has 0 bridgehead atoms. The van der Waals surface area contributed by atoms with E-state index in [0.29, 0.717) is 0 Å². The molecule has 0 saturated carbocycles. The normalized spacial score (nSPS) is 10.0. The van der Waals surface area contributed by atoms with Crippen molar-refractivity contribution in [2.75, 3.05) is 0 Å². The number of hydrogen-bond acceptors (Lipinski definition) is 2. The van der Waals surface area contributed by atoms with E-state index < -0.39 is 8.07 Å². The van der Waals surface area contributed by atoms with Crippen LogP contribution < -0.4 is 0 Å². The zero-order valence-electron chi connectivity index (χ0n) is 16.9. The number of aromatic nitrogens is 2. The summed E-state index contributed by atoms with van der Waals surface area (Å²) in [4.78, 5) is 8.04. The Labute approximate surface area is 182 Å². The van der Waals surface area contributed by atoms with E-state index in [4.69, 9.17) is 12.8 Å². The second-order valence-corrected chi connectivity index (χ2v) is 13.0. The fraction of sp³-hybridized carbons (Fsp3) is 0.120. The zero-order chi connectivity index (χ0) is 21.3. The molecular weight excluding hydrogens is 436 g/mol. The standard InChI is InChI=1S/C11H7N.C9H6BrN.C5H10Si/c1-2-9-3-4-11-8-12-6-5-10(11)7-9;10-9-2-1-8-6-11-4-3-7(8)5-9;1-5-6(2,3)4/h1,3-8H;1-6H;1H,2-4H3. The first-order valence-corrected chi connectivity index (χ1v) is 13.4. The molecule has 0 aliphatic rings. The Kier molecular flexibility index (Phi) is 8.16. The highest BCUT2D eigenvalue weighted by Gasteiger charge is 2.05. The summed E-state index contributed by atoms with van der Waals surface area (Å²) in [5.41, 5.74) is 3.65. The van der Waals surface area contributed by atoms with Crippen molar-refractivity contribution in [1.29, 1.82) is 0 Å². The Morgan fingerprint density at radius 1 is 0.759 bits per heavy atom. The Hall–Kier alpha value is -2.92. The lowest BCUT2D eigenvalue weighted by Crippen LogP contribution is -2.15. The van der Waals surface area contributed by atoms with Crippen molar-refractivity contribution < 1.29 is 0 Å². The SMILES string of the molecule is Brc1ccc2cnccc2c1.C#C[Si](C)(C)C.C#Cc1ccc2cnccc2c1. The van der Waals surface area contributed by atoms with Gasteiger partial charge in [-0.2, -0.15) is 0 Å². The number of rotatable bonds is 0. The molecule has 2 aromatic carbocycles. The van der Waals surface area contributed by atoms with Gasteiger partial charge in [0.05, 0.1) is 0 Å². The number of nitrogens with zero attached hydrogens (tertiary/aromatic N) is 2. The van der Waals surface area contributed by atoms with Gasteiger partial charge in [0.2, 0.25) is 0 Å². The van der Waals surface area contributed by atoms with Crippen molar-refractivity contribution >= 4 is 45.5 Å². The molecule has 0 aliphatic carbocycles. The number of pyridine rings is 2.